The molecular weight excluding hydrogens is 500 g/mol. The normalized spacial score (nSPS) is 19.1. The van der Waals surface area contributed by atoms with E-state index in [0.29, 0.717) is 5.70 Å². The van der Waals surface area contributed by atoms with E-state index in [1.807, 2.05) is 57.2 Å². The van der Waals surface area contributed by atoms with Crippen molar-refractivity contribution in [3.8, 4) is 11.1 Å². The van der Waals surface area contributed by atoms with Crippen LogP contribution in [0.4, 0.5) is 4.79 Å². The standard InChI is InChI=1S/C29H30N4O6/c1-17(38-29(2,3)4)25(27(35)39-33-26-23(31-32-33)14-9-15-24(26)34)30-28(36)37-16-22-20-12-7-5-10-18(20)19-11-6-8-13-21(19)22/h5-15,17,22,25-26H,16H2,1-4H3,(H,30,36)/t17-,25+,26-/m0/s1. The highest BCUT2D eigenvalue weighted by atomic mass is 16.7. The molecule has 1 amide bonds. The molecule has 1 heterocycles. The van der Waals surface area contributed by atoms with Gasteiger partial charge in [0.25, 0.3) is 0 Å². The summed E-state index contributed by atoms with van der Waals surface area (Å²) in [5, 5.41) is 11.1. The van der Waals surface area contributed by atoms with Gasteiger partial charge in [0.05, 0.1) is 11.7 Å². The largest absolute Gasteiger partial charge is 0.449 e. The number of nitrogens with zero attached hydrogens (tertiary/aromatic N) is 3. The number of nitrogens with one attached hydrogen (secondary N) is 1. The summed E-state index contributed by atoms with van der Waals surface area (Å²) in [5.74, 6) is -1.34. The maximum Gasteiger partial charge on any atom is 0.407 e. The average molecular weight is 531 g/mol. The molecule has 39 heavy (non-hydrogen) atoms. The Bertz CT molecular complexity index is 1350. The summed E-state index contributed by atoms with van der Waals surface area (Å²) in [7, 11) is 0. The quantitative estimate of drug-likeness (QED) is 0.554. The van der Waals surface area contributed by atoms with E-state index >= 15 is 0 Å². The molecule has 0 spiro atoms. The highest BCUT2D eigenvalue weighted by Gasteiger charge is 2.41. The lowest BCUT2D eigenvalue weighted by Gasteiger charge is -2.31. The first-order valence-corrected chi connectivity index (χ1v) is 12.8. The van der Waals surface area contributed by atoms with E-state index in [-0.39, 0.29) is 18.3 Å². The molecule has 2 aromatic rings. The fraction of sp³-hybridized carbons (Fsp3) is 0.345. The van der Waals surface area contributed by atoms with Gasteiger partial charge in [-0.1, -0.05) is 59.8 Å². The molecule has 1 N–H and O–H groups in total. The molecule has 10 heteroatoms. The summed E-state index contributed by atoms with van der Waals surface area (Å²) in [6, 6.07) is 13.8. The molecule has 0 radical (unpaired) electrons. The van der Waals surface area contributed by atoms with Crippen LogP contribution in [0.2, 0.25) is 0 Å². The minimum atomic E-state index is -1.25. The molecule has 0 fully saturated rings. The number of allylic oxidation sites excluding steroid dienone is 2. The monoisotopic (exact) mass is 530 g/mol. The molecule has 0 saturated carbocycles. The van der Waals surface area contributed by atoms with Crippen molar-refractivity contribution in [3.05, 3.63) is 83.6 Å². The average Bonchev–Trinajstić information content (AvgIpc) is 3.44. The van der Waals surface area contributed by atoms with Crippen LogP contribution in [0.1, 0.15) is 44.7 Å². The van der Waals surface area contributed by atoms with Crippen LogP contribution in [0.15, 0.2) is 82.8 Å². The van der Waals surface area contributed by atoms with Crippen molar-refractivity contribution in [2.75, 3.05) is 6.61 Å². The van der Waals surface area contributed by atoms with Gasteiger partial charge >= 0.3 is 12.1 Å². The lowest BCUT2D eigenvalue weighted by atomic mass is 9.98. The predicted octanol–water partition coefficient (Wildman–Crippen LogP) is 4.63. The molecule has 2 aliphatic carbocycles. The second-order valence-electron chi connectivity index (χ2n) is 10.5. The molecule has 3 atom stereocenters. The first-order chi connectivity index (χ1) is 18.6. The molecule has 10 nitrogen and oxygen atoms in total. The van der Waals surface area contributed by atoms with Gasteiger partial charge in [0.15, 0.2) is 17.9 Å². The van der Waals surface area contributed by atoms with Crippen molar-refractivity contribution in [2.24, 2.45) is 10.3 Å². The van der Waals surface area contributed by atoms with Crippen molar-refractivity contribution in [1.29, 1.82) is 0 Å². The molecule has 5 rings (SSSR count). The molecule has 3 aliphatic rings. The Kier molecular flexibility index (Phi) is 7.05. The third-order valence-corrected chi connectivity index (χ3v) is 6.61. The van der Waals surface area contributed by atoms with E-state index in [1.165, 1.54) is 6.08 Å². The molecule has 1 aliphatic heterocycles. The number of rotatable bonds is 7. The van der Waals surface area contributed by atoms with Gasteiger partial charge < -0.3 is 19.6 Å². The highest BCUT2D eigenvalue weighted by Crippen LogP contribution is 2.44. The fourth-order valence-electron chi connectivity index (χ4n) is 5.01. The SMILES string of the molecule is C[C@H](OC(C)(C)C)[C@@H](NC(=O)OCC1c2ccccc2-c2ccccc21)C(=O)ON1N=NC2=CC=CC(=O)[C@H]21. The van der Waals surface area contributed by atoms with Gasteiger partial charge in [-0.05, 0) is 67.3 Å². The summed E-state index contributed by atoms with van der Waals surface area (Å²) < 4.78 is 11.6. The zero-order chi connectivity index (χ0) is 27.7. The van der Waals surface area contributed by atoms with E-state index in [9.17, 15) is 14.4 Å². The number of hydroxylamine groups is 1. The molecule has 2 aromatic carbocycles. The number of hydrogen-bond donors (Lipinski definition) is 1. The summed E-state index contributed by atoms with van der Waals surface area (Å²) in [5.41, 5.74) is 4.10. The third-order valence-electron chi connectivity index (χ3n) is 6.61. The molecule has 0 saturated heterocycles. The molecular formula is C29H30N4O6. The number of benzene rings is 2. The van der Waals surface area contributed by atoms with Crippen LogP contribution in [-0.2, 0) is 23.9 Å². The van der Waals surface area contributed by atoms with Crippen molar-refractivity contribution in [1.82, 2.24) is 10.5 Å². The Morgan fingerprint density at radius 1 is 1.05 bits per heavy atom. The van der Waals surface area contributed by atoms with Crippen molar-refractivity contribution in [3.63, 3.8) is 0 Å². The summed E-state index contributed by atoms with van der Waals surface area (Å²) in [6.07, 6.45) is 2.92. The lowest BCUT2D eigenvalue weighted by molar-refractivity contribution is -0.203. The Balaban J connectivity index is 1.28. The number of carbonyl (C=O) groups is 3. The minimum absolute atomic E-state index is 0.0769. The van der Waals surface area contributed by atoms with Crippen molar-refractivity contribution in [2.45, 2.75) is 57.4 Å². The summed E-state index contributed by atoms with van der Waals surface area (Å²) >= 11 is 0. The van der Waals surface area contributed by atoms with E-state index in [0.717, 1.165) is 27.4 Å². The number of amides is 1. The Morgan fingerprint density at radius 3 is 2.33 bits per heavy atom. The van der Waals surface area contributed by atoms with Gasteiger partial charge in [0.1, 0.15) is 12.3 Å². The smallest absolute Gasteiger partial charge is 0.407 e. The Morgan fingerprint density at radius 2 is 1.69 bits per heavy atom. The second kappa shape index (κ2) is 10.5. The van der Waals surface area contributed by atoms with E-state index in [2.05, 4.69) is 27.8 Å². The van der Waals surface area contributed by atoms with E-state index in [4.69, 9.17) is 14.3 Å². The molecule has 0 bridgehead atoms. The van der Waals surface area contributed by atoms with Gasteiger partial charge in [-0.2, -0.15) is 0 Å². The van der Waals surface area contributed by atoms with Crippen LogP contribution in [0.25, 0.3) is 11.1 Å². The number of fused-ring (bicyclic) bond motifs is 4. The second-order valence-corrected chi connectivity index (χ2v) is 10.5. The molecule has 0 aromatic heterocycles. The van der Waals surface area contributed by atoms with Gasteiger partial charge in [0, 0.05) is 5.92 Å². The number of carbonyl (C=O) groups excluding carboxylic acids is 3. The Hall–Kier alpha value is -4.31. The number of hydrogen-bond acceptors (Lipinski definition) is 9. The topological polar surface area (TPSA) is 119 Å². The molecule has 202 valence electrons. The minimum Gasteiger partial charge on any atom is -0.449 e. The zero-order valence-corrected chi connectivity index (χ0v) is 22.2. The summed E-state index contributed by atoms with van der Waals surface area (Å²) in [6.45, 7) is 7.22. The molecule has 0 unspecified atom stereocenters. The van der Waals surface area contributed by atoms with Crippen LogP contribution >= 0.6 is 0 Å². The third kappa shape index (κ3) is 5.46. The van der Waals surface area contributed by atoms with Gasteiger partial charge in [0.2, 0.25) is 0 Å². The Labute approximate surface area is 226 Å². The maximum atomic E-state index is 13.3. The number of ketones is 1. The van der Waals surface area contributed by atoms with Gasteiger partial charge in [-0.15, -0.1) is 5.11 Å². The lowest BCUT2D eigenvalue weighted by Crippen LogP contribution is -2.53. The van der Waals surface area contributed by atoms with Gasteiger partial charge in [-0.25, -0.2) is 9.59 Å². The van der Waals surface area contributed by atoms with Crippen molar-refractivity contribution < 1.29 is 28.7 Å². The van der Waals surface area contributed by atoms with Crippen molar-refractivity contribution >= 4 is 17.8 Å². The van der Waals surface area contributed by atoms with Crippen LogP contribution in [0.5, 0.6) is 0 Å². The van der Waals surface area contributed by atoms with E-state index < -0.39 is 35.9 Å². The van der Waals surface area contributed by atoms with E-state index in [1.54, 1.807) is 19.1 Å². The highest BCUT2D eigenvalue weighted by molar-refractivity contribution is 5.98. The first kappa shape index (κ1) is 26.3. The van der Waals surface area contributed by atoms with Crippen LogP contribution < -0.4 is 5.32 Å². The summed E-state index contributed by atoms with van der Waals surface area (Å²) in [4.78, 5) is 44.0. The van der Waals surface area contributed by atoms with Crippen LogP contribution in [-0.4, -0.2) is 53.4 Å². The van der Waals surface area contributed by atoms with Crippen LogP contribution in [0.3, 0.4) is 0 Å². The van der Waals surface area contributed by atoms with Crippen LogP contribution in [0, 0.1) is 0 Å². The fourth-order valence-corrected chi connectivity index (χ4v) is 5.01. The predicted molar refractivity (Wildman–Crippen MR) is 141 cm³/mol. The first-order valence-electron chi connectivity index (χ1n) is 12.8. The number of ether oxygens (including phenoxy) is 2. The number of alkyl carbamates (subject to hydrolysis) is 1. The van der Waals surface area contributed by atoms with Gasteiger partial charge in [-0.3, -0.25) is 4.79 Å². The zero-order valence-electron chi connectivity index (χ0n) is 22.2. The maximum absolute atomic E-state index is 13.3.